The summed E-state index contributed by atoms with van der Waals surface area (Å²) in [5.74, 6) is -0.267. The molecule has 2 aromatic rings. The molecule has 1 aromatic heterocycles. The zero-order valence-electron chi connectivity index (χ0n) is 9.44. The second-order valence-electron chi connectivity index (χ2n) is 3.72. The summed E-state index contributed by atoms with van der Waals surface area (Å²) >= 11 is 3.41. The van der Waals surface area contributed by atoms with Crippen molar-refractivity contribution in [3.63, 3.8) is 0 Å². The summed E-state index contributed by atoms with van der Waals surface area (Å²) in [4.78, 5) is 25.3. The highest BCUT2D eigenvalue weighted by Crippen LogP contribution is 2.15. The van der Waals surface area contributed by atoms with E-state index in [1.165, 1.54) is 12.3 Å². The number of nitrogens with one attached hydrogen (secondary N) is 2. The number of benzene rings is 1. The summed E-state index contributed by atoms with van der Waals surface area (Å²) in [6.07, 6.45) is 1.45. The summed E-state index contributed by atoms with van der Waals surface area (Å²) in [7, 11) is 0. The van der Waals surface area contributed by atoms with Gasteiger partial charge >= 0.3 is 0 Å². The van der Waals surface area contributed by atoms with Crippen molar-refractivity contribution in [3.05, 3.63) is 68.5 Å². The van der Waals surface area contributed by atoms with Gasteiger partial charge in [0.1, 0.15) is 0 Å². The van der Waals surface area contributed by atoms with Gasteiger partial charge in [-0.15, -0.1) is 0 Å². The Labute approximate surface area is 112 Å². The number of hydrogen-bond donors (Lipinski definition) is 2. The lowest BCUT2D eigenvalue weighted by Gasteiger charge is -2.06. The largest absolute Gasteiger partial charge is 0.348 e. The van der Waals surface area contributed by atoms with E-state index in [4.69, 9.17) is 0 Å². The average molecular weight is 307 g/mol. The van der Waals surface area contributed by atoms with E-state index in [1.807, 2.05) is 24.3 Å². The number of carbonyl (C=O) groups is 1. The monoisotopic (exact) mass is 306 g/mol. The Balaban J connectivity index is 2.05. The van der Waals surface area contributed by atoms with Crippen LogP contribution < -0.4 is 10.9 Å². The lowest BCUT2D eigenvalue weighted by atomic mass is 10.2. The number of hydrogen-bond acceptors (Lipinski definition) is 2. The van der Waals surface area contributed by atoms with Crippen molar-refractivity contribution in [1.82, 2.24) is 10.3 Å². The molecular formula is C13H11BrN2O2. The molecule has 0 saturated carbocycles. The summed E-state index contributed by atoms with van der Waals surface area (Å²) in [6, 6.07) is 10.5. The van der Waals surface area contributed by atoms with Crippen LogP contribution in [0.2, 0.25) is 0 Å². The third-order valence-electron chi connectivity index (χ3n) is 2.43. The van der Waals surface area contributed by atoms with Gasteiger partial charge in [0.2, 0.25) is 5.56 Å². The van der Waals surface area contributed by atoms with E-state index >= 15 is 0 Å². The van der Waals surface area contributed by atoms with Gasteiger partial charge in [0.15, 0.2) is 0 Å². The van der Waals surface area contributed by atoms with Crippen molar-refractivity contribution in [1.29, 1.82) is 0 Å². The van der Waals surface area contributed by atoms with Crippen LogP contribution in [0.25, 0.3) is 0 Å². The van der Waals surface area contributed by atoms with Crippen LogP contribution in [0.3, 0.4) is 0 Å². The molecule has 1 heterocycles. The van der Waals surface area contributed by atoms with Gasteiger partial charge in [-0.1, -0.05) is 34.1 Å². The van der Waals surface area contributed by atoms with Gasteiger partial charge in [-0.3, -0.25) is 9.59 Å². The van der Waals surface area contributed by atoms with Crippen LogP contribution in [0, 0.1) is 0 Å². The standard InChI is InChI=1S/C13H11BrN2O2/c14-11-4-2-1-3-10(11)8-16-13(18)9-5-6-15-12(17)7-9/h1-7H,8H2,(H,15,17)(H,16,18). The van der Waals surface area contributed by atoms with Crippen molar-refractivity contribution >= 4 is 21.8 Å². The predicted molar refractivity (Wildman–Crippen MR) is 72.4 cm³/mol. The van der Waals surface area contributed by atoms with E-state index in [1.54, 1.807) is 6.07 Å². The molecule has 0 aliphatic rings. The molecule has 2 rings (SSSR count). The molecule has 18 heavy (non-hydrogen) atoms. The highest BCUT2D eigenvalue weighted by atomic mass is 79.9. The lowest BCUT2D eigenvalue weighted by Crippen LogP contribution is -2.24. The van der Waals surface area contributed by atoms with Crippen molar-refractivity contribution in [2.45, 2.75) is 6.54 Å². The zero-order valence-corrected chi connectivity index (χ0v) is 11.0. The Morgan fingerprint density at radius 1 is 1.28 bits per heavy atom. The van der Waals surface area contributed by atoms with Crippen molar-refractivity contribution in [2.75, 3.05) is 0 Å². The van der Waals surface area contributed by atoms with Crippen LogP contribution in [0.15, 0.2) is 51.9 Å². The predicted octanol–water partition coefficient (Wildman–Crippen LogP) is 2.07. The molecular weight excluding hydrogens is 296 g/mol. The van der Waals surface area contributed by atoms with Gasteiger partial charge in [-0.25, -0.2) is 0 Å². The molecule has 0 aliphatic heterocycles. The fourth-order valence-electron chi connectivity index (χ4n) is 1.51. The Morgan fingerprint density at radius 3 is 2.78 bits per heavy atom. The minimum Gasteiger partial charge on any atom is -0.348 e. The van der Waals surface area contributed by atoms with Crippen LogP contribution in [-0.4, -0.2) is 10.9 Å². The lowest BCUT2D eigenvalue weighted by molar-refractivity contribution is 0.0950. The van der Waals surface area contributed by atoms with E-state index in [0.717, 1.165) is 10.0 Å². The van der Waals surface area contributed by atoms with Crippen LogP contribution >= 0.6 is 15.9 Å². The summed E-state index contributed by atoms with van der Waals surface area (Å²) < 4.78 is 0.941. The van der Waals surface area contributed by atoms with Gasteiger partial charge < -0.3 is 10.3 Å². The maximum Gasteiger partial charge on any atom is 0.251 e. The third-order valence-corrected chi connectivity index (χ3v) is 3.21. The fourth-order valence-corrected chi connectivity index (χ4v) is 1.93. The molecule has 0 bridgehead atoms. The molecule has 1 aromatic carbocycles. The third kappa shape index (κ3) is 3.07. The molecule has 1 amide bonds. The fraction of sp³-hybridized carbons (Fsp3) is 0.0769. The molecule has 0 spiro atoms. The van der Waals surface area contributed by atoms with Gasteiger partial charge in [-0.2, -0.15) is 0 Å². The first-order chi connectivity index (χ1) is 8.66. The summed E-state index contributed by atoms with van der Waals surface area (Å²) in [5.41, 5.74) is 1.05. The topological polar surface area (TPSA) is 62.0 Å². The maximum absolute atomic E-state index is 11.8. The Morgan fingerprint density at radius 2 is 2.06 bits per heavy atom. The molecule has 2 N–H and O–H groups in total. The van der Waals surface area contributed by atoms with Crippen molar-refractivity contribution in [3.8, 4) is 0 Å². The SMILES string of the molecule is O=C(NCc1ccccc1Br)c1cc[nH]c(=O)c1. The van der Waals surface area contributed by atoms with Crippen LogP contribution in [0.5, 0.6) is 0 Å². The highest BCUT2D eigenvalue weighted by Gasteiger charge is 2.06. The van der Waals surface area contributed by atoms with Crippen molar-refractivity contribution < 1.29 is 4.79 Å². The maximum atomic E-state index is 11.8. The smallest absolute Gasteiger partial charge is 0.251 e. The number of aromatic amines is 1. The van der Waals surface area contributed by atoms with Crippen LogP contribution in [0.1, 0.15) is 15.9 Å². The Kier molecular flexibility index (Phi) is 3.94. The number of H-pyrrole nitrogens is 1. The van der Waals surface area contributed by atoms with E-state index < -0.39 is 0 Å². The van der Waals surface area contributed by atoms with E-state index in [-0.39, 0.29) is 11.5 Å². The first-order valence-electron chi connectivity index (χ1n) is 5.37. The molecule has 0 saturated heterocycles. The van der Waals surface area contributed by atoms with Crippen LogP contribution in [-0.2, 0) is 6.54 Å². The molecule has 0 fully saturated rings. The van der Waals surface area contributed by atoms with Crippen molar-refractivity contribution in [2.24, 2.45) is 0 Å². The minimum atomic E-state index is -0.288. The number of pyridine rings is 1. The van der Waals surface area contributed by atoms with E-state index in [2.05, 4.69) is 26.2 Å². The quantitative estimate of drug-likeness (QED) is 0.912. The second kappa shape index (κ2) is 5.64. The molecule has 4 nitrogen and oxygen atoms in total. The molecule has 0 atom stereocenters. The molecule has 92 valence electrons. The number of rotatable bonds is 3. The number of amides is 1. The number of halogens is 1. The molecule has 5 heteroatoms. The zero-order chi connectivity index (χ0) is 13.0. The van der Waals surface area contributed by atoms with Gasteiger partial charge in [-0.05, 0) is 17.7 Å². The first kappa shape index (κ1) is 12.6. The van der Waals surface area contributed by atoms with E-state index in [9.17, 15) is 9.59 Å². The van der Waals surface area contributed by atoms with Gasteiger partial charge in [0, 0.05) is 28.8 Å². The van der Waals surface area contributed by atoms with E-state index in [0.29, 0.717) is 12.1 Å². The first-order valence-corrected chi connectivity index (χ1v) is 6.16. The average Bonchev–Trinajstić information content (AvgIpc) is 2.37. The molecule has 0 unspecified atom stereocenters. The van der Waals surface area contributed by atoms with Crippen LogP contribution in [0.4, 0.5) is 0 Å². The second-order valence-corrected chi connectivity index (χ2v) is 4.57. The van der Waals surface area contributed by atoms with Gasteiger partial charge in [0.05, 0.1) is 0 Å². The van der Waals surface area contributed by atoms with Gasteiger partial charge in [0.25, 0.3) is 5.91 Å². The Bertz CT molecular complexity index is 622. The number of carbonyl (C=O) groups excluding carboxylic acids is 1. The minimum absolute atomic E-state index is 0.267. The molecule has 0 aliphatic carbocycles. The summed E-state index contributed by atoms with van der Waals surface area (Å²) in [6.45, 7) is 0.410. The normalized spacial score (nSPS) is 10.1. The Hall–Kier alpha value is -1.88. The summed E-state index contributed by atoms with van der Waals surface area (Å²) in [5, 5.41) is 2.76. The highest BCUT2D eigenvalue weighted by molar-refractivity contribution is 9.10. The molecule has 0 radical (unpaired) electrons. The number of aromatic nitrogens is 1.